The molecule has 1 atom stereocenters. The first-order chi connectivity index (χ1) is 16.5. The second kappa shape index (κ2) is 10.9. The molecule has 1 aliphatic heterocycles. The van der Waals surface area contributed by atoms with Crippen molar-refractivity contribution in [2.45, 2.75) is 25.6 Å². The minimum atomic E-state index is -3.59. The highest BCUT2D eigenvalue weighted by Gasteiger charge is 2.35. The van der Waals surface area contributed by atoms with Crippen LogP contribution in [0.25, 0.3) is 0 Å². The standard InChI is InChI=1S/C25H27N5O2S2/c1-33-10-5-11-34(31,32)30-16-22-12-21(14-26)8-9-25(22)29(17-23-15-27-19-28-23)18-24(30)13-20-6-3-2-4-7-20/h2-10,12,15,19,24H,11,13,16-18H2,1H3,(H,27,28)/t24-/m1/s1. The van der Waals surface area contributed by atoms with E-state index in [0.717, 1.165) is 22.5 Å². The Hall–Kier alpha value is -3.06. The molecule has 0 saturated carbocycles. The SMILES string of the molecule is CSC=CCS(=O)(=O)N1Cc2cc(C#N)ccc2N(Cc2cnc[nH]2)C[C@H]1Cc1ccccc1. The van der Waals surface area contributed by atoms with E-state index in [0.29, 0.717) is 25.1 Å². The van der Waals surface area contributed by atoms with Gasteiger partial charge < -0.3 is 9.88 Å². The Balaban J connectivity index is 1.77. The highest BCUT2D eigenvalue weighted by molar-refractivity contribution is 8.01. The number of imidazole rings is 1. The average molecular weight is 494 g/mol. The molecule has 7 nitrogen and oxygen atoms in total. The minimum Gasteiger partial charge on any atom is -0.364 e. The summed E-state index contributed by atoms with van der Waals surface area (Å²) < 4.78 is 28.8. The number of nitriles is 1. The molecular formula is C25H27N5O2S2. The van der Waals surface area contributed by atoms with Crippen molar-refractivity contribution < 1.29 is 8.42 Å². The molecule has 0 fully saturated rings. The fraction of sp³-hybridized carbons (Fsp3) is 0.280. The van der Waals surface area contributed by atoms with Gasteiger partial charge in [-0.2, -0.15) is 9.57 Å². The molecule has 34 heavy (non-hydrogen) atoms. The quantitative estimate of drug-likeness (QED) is 0.511. The van der Waals surface area contributed by atoms with E-state index in [-0.39, 0.29) is 18.3 Å². The van der Waals surface area contributed by atoms with Crippen LogP contribution in [0.2, 0.25) is 0 Å². The number of fused-ring (bicyclic) bond motifs is 1. The van der Waals surface area contributed by atoms with E-state index in [1.807, 2.05) is 42.7 Å². The van der Waals surface area contributed by atoms with Crippen molar-refractivity contribution in [2.24, 2.45) is 0 Å². The number of hydrogen-bond donors (Lipinski definition) is 1. The van der Waals surface area contributed by atoms with E-state index < -0.39 is 10.0 Å². The van der Waals surface area contributed by atoms with E-state index in [2.05, 4.69) is 20.9 Å². The molecule has 1 aromatic heterocycles. The number of hydrogen-bond acceptors (Lipinski definition) is 6. The third-order valence-corrected chi connectivity index (χ3v) is 8.06. The number of benzene rings is 2. The number of aromatic amines is 1. The van der Waals surface area contributed by atoms with Crippen LogP contribution in [0.3, 0.4) is 0 Å². The number of H-pyrrole nitrogens is 1. The molecule has 0 radical (unpaired) electrons. The molecular weight excluding hydrogens is 466 g/mol. The van der Waals surface area contributed by atoms with E-state index in [4.69, 9.17) is 0 Å². The van der Waals surface area contributed by atoms with Crippen LogP contribution >= 0.6 is 11.8 Å². The highest BCUT2D eigenvalue weighted by atomic mass is 32.2. The zero-order valence-corrected chi connectivity index (χ0v) is 20.6. The lowest BCUT2D eigenvalue weighted by Crippen LogP contribution is -2.46. The second-order valence-electron chi connectivity index (χ2n) is 8.19. The maximum absolute atomic E-state index is 13.6. The fourth-order valence-electron chi connectivity index (χ4n) is 4.29. The predicted molar refractivity (Wildman–Crippen MR) is 137 cm³/mol. The van der Waals surface area contributed by atoms with Gasteiger partial charge in [0.2, 0.25) is 10.0 Å². The predicted octanol–water partition coefficient (Wildman–Crippen LogP) is 3.92. The Morgan fingerprint density at radius 3 is 2.79 bits per heavy atom. The summed E-state index contributed by atoms with van der Waals surface area (Å²) in [5, 5.41) is 11.3. The topological polar surface area (TPSA) is 93.1 Å². The zero-order chi connectivity index (χ0) is 24.0. The fourth-order valence-corrected chi connectivity index (χ4v) is 6.16. The van der Waals surface area contributed by atoms with Gasteiger partial charge in [-0.25, -0.2) is 13.4 Å². The van der Waals surface area contributed by atoms with E-state index in [1.54, 1.807) is 40.4 Å². The number of sulfonamides is 1. The molecule has 3 aromatic rings. The van der Waals surface area contributed by atoms with Crippen molar-refractivity contribution in [3.8, 4) is 6.07 Å². The summed E-state index contributed by atoms with van der Waals surface area (Å²) in [7, 11) is -3.59. The first-order valence-electron chi connectivity index (χ1n) is 11.0. The zero-order valence-electron chi connectivity index (χ0n) is 19.0. The summed E-state index contributed by atoms with van der Waals surface area (Å²) in [6.07, 6.45) is 7.61. The largest absolute Gasteiger partial charge is 0.364 e. The van der Waals surface area contributed by atoms with E-state index in [9.17, 15) is 13.7 Å². The van der Waals surface area contributed by atoms with Gasteiger partial charge in [0.15, 0.2) is 0 Å². The van der Waals surface area contributed by atoms with Crippen molar-refractivity contribution in [3.05, 3.63) is 94.9 Å². The molecule has 0 aliphatic carbocycles. The summed E-state index contributed by atoms with van der Waals surface area (Å²) in [6, 6.07) is 17.4. The first-order valence-corrected chi connectivity index (χ1v) is 13.9. The molecule has 0 amide bonds. The molecule has 0 unspecified atom stereocenters. The summed E-state index contributed by atoms with van der Waals surface area (Å²) >= 11 is 1.48. The molecule has 0 spiro atoms. The van der Waals surface area contributed by atoms with Gasteiger partial charge in [-0.15, -0.1) is 11.8 Å². The van der Waals surface area contributed by atoms with Gasteiger partial charge in [0.25, 0.3) is 0 Å². The third-order valence-electron chi connectivity index (χ3n) is 5.84. The second-order valence-corrected chi connectivity index (χ2v) is 10.9. The molecule has 1 aliphatic rings. The third kappa shape index (κ3) is 5.70. The van der Waals surface area contributed by atoms with Crippen LogP contribution in [0.5, 0.6) is 0 Å². The Morgan fingerprint density at radius 1 is 1.26 bits per heavy atom. The van der Waals surface area contributed by atoms with Crippen LogP contribution in [0.4, 0.5) is 5.69 Å². The summed E-state index contributed by atoms with van der Waals surface area (Å²) in [4.78, 5) is 9.47. The molecule has 0 bridgehead atoms. The lowest BCUT2D eigenvalue weighted by atomic mass is 10.1. The van der Waals surface area contributed by atoms with Crippen molar-refractivity contribution in [1.29, 1.82) is 5.26 Å². The monoisotopic (exact) mass is 493 g/mol. The number of aromatic nitrogens is 2. The van der Waals surface area contributed by atoms with Crippen molar-refractivity contribution in [1.82, 2.24) is 14.3 Å². The van der Waals surface area contributed by atoms with Crippen molar-refractivity contribution >= 4 is 27.5 Å². The van der Waals surface area contributed by atoms with Crippen molar-refractivity contribution in [3.63, 3.8) is 0 Å². The number of thioether (sulfide) groups is 1. The van der Waals surface area contributed by atoms with Gasteiger partial charge >= 0.3 is 0 Å². The Labute approximate surface area is 205 Å². The summed E-state index contributed by atoms with van der Waals surface area (Å²) in [5.74, 6) is -0.0625. The van der Waals surface area contributed by atoms with Crippen LogP contribution < -0.4 is 4.90 Å². The van der Waals surface area contributed by atoms with Crippen LogP contribution in [0.15, 0.2) is 72.5 Å². The van der Waals surface area contributed by atoms with Gasteiger partial charge in [0, 0.05) is 31.0 Å². The molecule has 4 rings (SSSR count). The Bertz CT molecular complexity index is 1270. The first kappa shape index (κ1) is 24.1. The van der Waals surface area contributed by atoms with Gasteiger partial charge in [-0.1, -0.05) is 36.4 Å². The maximum Gasteiger partial charge on any atom is 0.218 e. The van der Waals surface area contributed by atoms with Gasteiger partial charge in [-0.05, 0) is 47.4 Å². The van der Waals surface area contributed by atoms with Crippen molar-refractivity contribution in [2.75, 3.05) is 23.5 Å². The van der Waals surface area contributed by atoms with E-state index >= 15 is 0 Å². The van der Waals surface area contributed by atoms with Gasteiger partial charge in [-0.3, -0.25) is 0 Å². The van der Waals surface area contributed by atoms with Crippen LogP contribution in [-0.2, 0) is 29.5 Å². The maximum atomic E-state index is 13.6. The number of nitrogens with one attached hydrogen (secondary N) is 1. The normalized spacial score (nSPS) is 16.8. The number of anilines is 1. The van der Waals surface area contributed by atoms with Crippen LogP contribution in [-0.4, -0.2) is 47.3 Å². The summed E-state index contributed by atoms with van der Waals surface area (Å²) in [6.45, 7) is 1.29. The van der Waals surface area contributed by atoms with Crippen LogP contribution in [0.1, 0.15) is 22.4 Å². The van der Waals surface area contributed by atoms with Crippen LogP contribution in [0, 0.1) is 11.3 Å². The Morgan fingerprint density at radius 2 is 2.09 bits per heavy atom. The molecule has 2 aromatic carbocycles. The lowest BCUT2D eigenvalue weighted by Gasteiger charge is -2.32. The summed E-state index contributed by atoms with van der Waals surface area (Å²) in [5.41, 5.74) is 4.29. The Kier molecular flexibility index (Phi) is 7.73. The molecule has 176 valence electrons. The average Bonchev–Trinajstić information content (AvgIpc) is 3.30. The molecule has 2 heterocycles. The molecule has 0 saturated heterocycles. The number of rotatable bonds is 8. The van der Waals surface area contributed by atoms with Gasteiger partial charge in [0.05, 0.1) is 36.0 Å². The molecule has 9 heteroatoms. The lowest BCUT2D eigenvalue weighted by molar-refractivity contribution is 0.319. The van der Waals surface area contributed by atoms with E-state index in [1.165, 1.54) is 11.8 Å². The van der Waals surface area contributed by atoms with Gasteiger partial charge in [0.1, 0.15) is 0 Å². The highest BCUT2D eigenvalue weighted by Crippen LogP contribution is 2.32. The number of nitrogens with zero attached hydrogens (tertiary/aromatic N) is 4. The smallest absolute Gasteiger partial charge is 0.218 e. The minimum absolute atomic E-state index is 0.0625. The molecule has 1 N–H and O–H groups in total.